The van der Waals surface area contributed by atoms with Gasteiger partial charge in [0.2, 0.25) is 5.91 Å². The van der Waals surface area contributed by atoms with Crippen molar-refractivity contribution in [1.82, 2.24) is 15.5 Å². The van der Waals surface area contributed by atoms with Gasteiger partial charge in [-0.05, 0) is 40.4 Å². The van der Waals surface area contributed by atoms with Crippen LogP contribution in [0.25, 0.3) is 0 Å². The van der Waals surface area contributed by atoms with Gasteiger partial charge in [-0.15, -0.1) is 0 Å². The summed E-state index contributed by atoms with van der Waals surface area (Å²) >= 11 is 0. The molecular formula is C11H23N3O. The first-order valence-electron chi connectivity index (χ1n) is 5.77. The van der Waals surface area contributed by atoms with Crippen molar-refractivity contribution in [3.63, 3.8) is 0 Å². The van der Waals surface area contributed by atoms with E-state index < -0.39 is 0 Å². The van der Waals surface area contributed by atoms with Crippen molar-refractivity contribution in [2.24, 2.45) is 5.92 Å². The highest BCUT2D eigenvalue weighted by atomic mass is 16.1. The monoisotopic (exact) mass is 213 g/mol. The van der Waals surface area contributed by atoms with Crippen LogP contribution in [0, 0.1) is 5.92 Å². The largest absolute Gasteiger partial charge is 0.355 e. The van der Waals surface area contributed by atoms with E-state index in [0.717, 1.165) is 32.5 Å². The van der Waals surface area contributed by atoms with Gasteiger partial charge in [-0.2, -0.15) is 0 Å². The highest BCUT2D eigenvalue weighted by Crippen LogP contribution is 2.15. The molecule has 1 rings (SSSR count). The zero-order valence-corrected chi connectivity index (χ0v) is 10.0. The number of nitrogens with one attached hydrogen (secondary N) is 2. The van der Waals surface area contributed by atoms with E-state index in [9.17, 15) is 4.79 Å². The highest BCUT2D eigenvalue weighted by molar-refractivity contribution is 5.79. The maximum absolute atomic E-state index is 11.8. The van der Waals surface area contributed by atoms with Gasteiger partial charge in [0.1, 0.15) is 0 Å². The lowest BCUT2D eigenvalue weighted by Crippen LogP contribution is -2.47. The summed E-state index contributed by atoms with van der Waals surface area (Å²) in [6.45, 7) is 4.79. The summed E-state index contributed by atoms with van der Waals surface area (Å²) in [6.07, 6.45) is 2.12. The Morgan fingerprint density at radius 2 is 2.27 bits per heavy atom. The minimum absolute atomic E-state index is 0.154. The molecule has 1 fully saturated rings. The summed E-state index contributed by atoms with van der Waals surface area (Å²) in [7, 11) is 4.02. The number of amides is 1. The van der Waals surface area contributed by atoms with Crippen molar-refractivity contribution in [3.8, 4) is 0 Å². The Hall–Kier alpha value is -0.610. The van der Waals surface area contributed by atoms with Crippen molar-refractivity contribution in [3.05, 3.63) is 0 Å². The van der Waals surface area contributed by atoms with E-state index >= 15 is 0 Å². The molecule has 0 radical (unpaired) electrons. The smallest absolute Gasteiger partial charge is 0.224 e. The molecule has 4 nitrogen and oxygen atoms in total. The summed E-state index contributed by atoms with van der Waals surface area (Å²) in [6, 6.07) is 0.318. The third kappa shape index (κ3) is 4.18. The lowest BCUT2D eigenvalue weighted by Gasteiger charge is -2.29. The molecule has 2 N–H and O–H groups in total. The molecule has 0 bridgehead atoms. The van der Waals surface area contributed by atoms with Crippen LogP contribution in [-0.4, -0.2) is 50.6 Å². The second kappa shape index (κ2) is 6.08. The fourth-order valence-electron chi connectivity index (χ4n) is 1.94. The van der Waals surface area contributed by atoms with E-state index in [1.165, 1.54) is 0 Å². The van der Waals surface area contributed by atoms with Crippen LogP contribution in [0.2, 0.25) is 0 Å². The average molecular weight is 213 g/mol. The van der Waals surface area contributed by atoms with Crippen molar-refractivity contribution >= 4 is 5.91 Å². The third-order valence-corrected chi connectivity index (χ3v) is 2.96. The Morgan fingerprint density at radius 1 is 1.53 bits per heavy atom. The van der Waals surface area contributed by atoms with E-state index in [1.54, 1.807) is 0 Å². The molecule has 0 unspecified atom stereocenters. The Balaban J connectivity index is 2.26. The van der Waals surface area contributed by atoms with Crippen molar-refractivity contribution in [2.45, 2.75) is 25.8 Å². The summed E-state index contributed by atoms with van der Waals surface area (Å²) in [5.74, 6) is 0.359. The van der Waals surface area contributed by atoms with Gasteiger partial charge < -0.3 is 15.5 Å². The first-order valence-corrected chi connectivity index (χ1v) is 5.77. The van der Waals surface area contributed by atoms with Gasteiger partial charge in [0, 0.05) is 19.1 Å². The van der Waals surface area contributed by atoms with E-state index in [-0.39, 0.29) is 11.8 Å². The maximum Gasteiger partial charge on any atom is 0.224 e. The second-order valence-corrected chi connectivity index (χ2v) is 4.59. The van der Waals surface area contributed by atoms with E-state index in [2.05, 4.69) is 22.5 Å². The molecule has 4 heteroatoms. The number of piperidine rings is 1. The van der Waals surface area contributed by atoms with E-state index in [1.807, 2.05) is 14.1 Å². The quantitative estimate of drug-likeness (QED) is 0.694. The second-order valence-electron chi connectivity index (χ2n) is 4.59. The van der Waals surface area contributed by atoms with Gasteiger partial charge in [-0.3, -0.25) is 4.79 Å². The van der Waals surface area contributed by atoms with Crippen LogP contribution in [0.15, 0.2) is 0 Å². The van der Waals surface area contributed by atoms with Gasteiger partial charge in [0.15, 0.2) is 0 Å². The molecule has 1 aliphatic heterocycles. The summed E-state index contributed by atoms with van der Waals surface area (Å²) < 4.78 is 0. The molecule has 0 aromatic heterocycles. The number of carbonyl (C=O) groups excluding carboxylic acids is 1. The minimum atomic E-state index is 0.154. The van der Waals surface area contributed by atoms with Gasteiger partial charge in [0.25, 0.3) is 0 Å². The normalized spacial score (nSPS) is 26.7. The van der Waals surface area contributed by atoms with Crippen molar-refractivity contribution < 1.29 is 4.79 Å². The summed E-state index contributed by atoms with van der Waals surface area (Å²) in [5.41, 5.74) is 0. The fraction of sp³-hybridized carbons (Fsp3) is 0.909. The summed E-state index contributed by atoms with van der Waals surface area (Å²) in [5, 5.41) is 6.33. The standard InChI is InChI=1S/C11H23N3O/c1-9-10(5-4-6-12-9)11(15)13-7-8-14(2)3/h9-10,12H,4-8H2,1-3H3,(H,13,15)/t9-,10-/m1/s1. The predicted molar refractivity (Wildman–Crippen MR) is 61.8 cm³/mol. The Morgan fingerprint density at radius 3 is 2.87 bits per heavy atom. The molecule has 0 spiro atoms. The molecular weight excluding hydrogens is 190 g/mol. The first kappa shape index (κ1) is 12.5. The molecule has 88 valence electrons. The van der Waals surface area contributed by atoms with Crippen LogP contribution in [0.4, 0.5) is 0 Å². The predicted octanol–water partition coefficient (Wildman–Crippen LogP) is 0.0523. The average Bonchev–Trinajstić information content (AvgIpc) is 2.17. The number of nitrogens with zero attached hydrogens (tertiary/aromatic N) is 1. The highest BCUT2D eigenvalue weighted by Gasteiger charge is 2.26. The van der Waals surface area contributed by atoms with Crippen molar-refractivity contribution in [1.29, 1.82) is 0 Å². The van der Waals surface area contributed by atoms with Gasteiger partial charge in [-0.1, -0.05) is 0 Å². The number of rotatable bonds is 4. The lowest BCUT2D eigenvalue weighted by atomic mass is 9.91. The number of hydrogen-bond donors (Lipinski definition) is 2. The Kier molecular flexibility index (Phi) is 5.05. The van der Waals surface area contributed by atoms with Gasteiger partial charge >= 0.3 is 0 Å². The molecule has 1 saturated heterocycles. The van der Waals surface area contributed by atoms with Crippen LogP contribution in [0.3, 0.4) is 0 Å². The Bertz CT molecular complexity index is 206. The molecule has 2 atom stereocenters. The fourth-order valence-corrected chi connectivity index (χ4v) is 1.94. The third-order valence-electron chi connectivity index (χ3n) is 2.96. The molecule has 1 heterocycles. The van der Waals surface area contributed by atoms with Crippen LogP contribution in [-0.2, 0) is 4.79 Å². The van der Waals surface area contributed by atoms with Crippen LogP contribution in [0.5, 0.6) is 0 Å². The zero-order chi connectivity index (χ0) is 11.3. The number of carbonyl (C=O) groups is 1. The van der Waals surface area contributed by atoms with Gasteiger partial charge in [-0.25, -0.2) is 0 Å². The lowest BCUT2D eigenvalue weighted by molar-refractivity contribution is -0.126. The molecule has 1 amide bonds. The molecule has 0 saturated carbocycles. The van der Waals surface area contributed by atoms with Crippen molar-refractivity contribution in [2.75, 3.05) is 33.7 Å². The molecule has 0 aromatic carbocycles. The van der Waals surface area contributed by atoms with Crippen LogP contribution < -0.4 is 10.6 Å². The van der Waals surface area contributed by atoms with Crippen LogP contribution in [0.1, 0.15) is 19.8 Å². The van der Waals surface area contributed by atoms with Gasteiger partial charge in [0.05, 0.1) is 5.92 Å². The SMILES string of the molecule is C[C@H]1NCCC[C@H]1C(=O)NCCN(C)C. The summed E-state index contributed by atoms with van der Waals surface area (Å²) in [4.78, 5) is 13.9. The minimum Gasteiger partial charge on any atom is -0.355 e. The molecule has 1 aliphatic rings. The molecule has 0 aliphatic carbocycles. The first-order chi connectivity index (χ1) is 7.11. The van der Waals surface area contributed by atoms with E-state index in [0.29, 0.717) is 6.04 Å². The molecule has 0 aromatic rings. The van der Waals surface area contributed by atoms with E-state index in [4.69, 9.17) is 0 Å². The topological polar surface area (TPSA) is 44.4 Å². The van der Waals surface area contributed by atoms with Crippen LogP contribution >= 0.6 is 0 Å². The number of hydrogen-bond acceptors (Lipinski definition) is 3. The Labute approximate surface area is 92.4 Å². The maximum atomic E-state index is 11.8. The molecule has 15 heavy (non-hydrogen) atoms. The number of likely N-dealkylation sites (N-methyl/N-ethyl adjacent to an activating group) is 1. The zero-order valence-electron chi connectivity index (χ0n) is 10.0.